The third-order valence-corrected chi connectivity index (χ3v) is 5.41. The maximum Gasteiger partial charge on any atom is 0.256 e. The van der Waals surface area contributed by atoms with Crippen molar-refractivity contribution in [3.63, 3.8) is 0 Å². The van der Waals surface area contributed by atoms with Crippen LogP contribution in [0.5, 0.6) is 0 Å². The highest BCUT2D eigenvalue weighted by atomic mass is 35.5. The van der Waals surface area contributed by atoms with Crippen molar-refractivity contribution in [2.24, 2.45) is 5.73 Å². The molecule has 0 bridgehead atoms. The number of nitrogen functional groups attached to an aromatic ring is 1. The van der Waals surface area contributed by atoms with Crippen LogP contribution in [0, 0.1) is 11.6 Å². The molecule has 1 unspecified atom stereocenters. The lowest BCUT2D eigenvalue weighted by Crippen LogP contribution is -2.38. The van der Waals surface area contributed by atoms with E-state index in [0.29, 0.717) is 33.9 Å². The highest BCUT2D eigenvalue weighted by Crippen LogP contribution is 2.26. The van der Waals surface area contributed by atoms with Gasteiger partial charge in [-0.25, -0.2) is 18.7 Å². The van der Waals surface area contributed by atoms with Gasteiger partial charge in [0.15, 0.2) is 0 Å². The summed E-state index contributed by atoms with van der Waals surface area (Å²) < 4.78 is 25.4. The van der Waals surface area contributed by atoms with Gasteiger partial charge >= 0.3 is 0 Å². The number of nitrogens with zero attached hydrogens (tertiary/aromatic N) is 2. The fourth-order valence-electron chi connectivity index (χ4n) is 3.20. The van der Waals surface area contributed by atoms with Crippen LogP contribution >= 0.6 is 23.2 Å². The molecule has 4 aromatic rings. The maximum absolute atomic E-state index is 13.2. The first kappa shape index (κ1) is 29.0. The Balaban J connectivity index is 0.000000179. The molecule has 2 amide bonds. The number of hydrogen-bond acceptors (Lipinski definition) is 7. The van der Waals surface area contributed by atoms with Gasteiger partial charge in [-0.15, -0.1) is 0 Å². The Morgan fingerprint density at radius 2 is 1.54 bits per heavy atom. The van der Waals surface area contributed by atoms with Crippen LogP contribution in [0.25, 0.3) is 0 Å². The average molecular weight is 573 g/mol. The lowest BCUT2D eigenvalue weighted by molar-refractivity contribution is 0.0933. The van der Waals surface area contributed by atoms with Gasteiger partial charge in [0, 0.05) is 5.56 Å². The minimum Gasteiger partial charge on any atom is -0.383 e. The highest BCUT2D eigenvalue weighted by molar-refractivity contribution is 6.30. The molecule has 0 aliphatic carbocycles. The van der Waals surface area contributed by atoms with E-state index in [0.717, 1.165) is 0 Å². The van der Waals surface area contributed by atoms with Gasteiger partial charge in [-0.3, -0.25) is 14.4 Å². The van der Waals surface area contributed by atoms with Gasteiger partial charge in [0.05, 0.1) is 11.1 Å². The van der Waals surface area contributed by atoms with Gasteiger partial charge in [0.2, 0.25) is 0 Å². The molecule has 0 saturated carbocycles. The summed E-state index contributed by atoms with van der Waals surface area (Å²) in [6.45, 7) is 0. The number of pyridine rings is 2. The lowest BCUT2D eigenvalue weighted by atomic mass is 10.1. The largest absolute Gasteiger partial charge is 0.383 e. The number of halogens is 4. The molecule has 3 heterocycles. The molecule has 9 nitrogen and oxygen atoms in total. The number of carbonyl (C=O) groups excluding carboxylic acids is 3. The Kier molecular flexibility index (Phi) is 9.85. The van der Waals surface area contributed by atoms with E-state index in [1.54, 1.807) is 30.3 Å². The molecular weight excluding hydrogens is 553 g/mol. The van der Waals surface area contributed by atoms with E-state index < -0.39 is 12.1 Å². The van der Waals surface area contributed by atoms with Crippen molar-refractivity contribution >= 4 is 52.9 Å². The number of benzene rings is 2. The predicted molar refractivity (Wildman–Crippen MR) is 143 cm³/mol. The minimum absolute atomic E-state index is 0.0602. The fourth-order valence-corrected chi connectivity index (χ4v) is 3.50. The molecule has 13 heteroatoms. The predicted octanol–water partition coefficient (Wildman–Crippen LogP) is 4.78. The summed E-state index contributed by atoms with van der Waals surface area (Å²) in [7, 11) is 0. The van der Waals surface area contributed by atoms with Crippen molar-refractivity contribution < 1.29 is 23.2 Å². The second-order valence-electron chi connectivity index (χ2n) is 7.74. The van der Waals surface area contributed by atoms with E-state index in [-0.39, 0.29) is 34.1 Å². The first-order valence-electron chi connectivity index (χ1n) is 11.0. The third-order valence-electron chi connectivity index (χ3n) is 4.99. The molecule has 1 atom stereocenters. The average Bonchev–Trinajstić information content (AvgIpc) is 2.89. The van der Waals surface area contributed by atoms with E-state index in [1.165, 1.54) is 42.5 Å². The molecule has 0 saturated heterocycles. The molecule has 2 aromatic carbocycles. The van der Waals surface area contributed by atoms with Crippen LogP contribution in [0.4, 0.5) is 20.4 Å². The Morgan fingerprint density at radius 3 is 2.13 bits per heavy atom. The number of carbonyl (C=O) groups is 3. The van der Waals surface area contributed by atoms with Crippen molar-refractivity contribution in [3.8, 4) is 0 Å². The Bertz CT molecular complexity index is 1520. The Labute approximate surface area is 231 Å². The van der Waals surface area contributed by atoms with E-state index >= 15 is 0 Å². The fraction of sp³-hybridized carbons (Fsp3) is 0.0385. The van der Waals surface area contributed by atoms with Crippen LogP contribution in [0.3, 0.4) is 0 Å². The standard InChI is InChI=1S/C13H9ClFN3O.C7H5FO.C6H6ClN3O/c14-10-5-4-9-12(16-10)17-11(18-13(9)19)7-2-1-3-8(15)6-7;8-7-3-1-2-6(4-7)5-9;7-4-2-1-3(6(9)11)5(8)10-4/h1-6,11H,(H,16,17)(H,18,19);1-5H;1-2H,(H2,8,10)(H2,9,11). The second-order valence-corrected chi connectivity index (χ2v) is 8.51. The van der Waals surface area contributed by atoms with Crippen molar-refractivity contribution in [2.75, 3.05) is 11.1 Å². The molecule has 2 aromatic heterocycles. The van der Waals surface area contributed by atoms with Crippen LogP contribution in [0.1, 0.15) is 42.8 Å². The molecule has 1 aliphatic heterocycles. The number of anilines is 2. The molecule has 200 valence electrons. The van der Waals surface area contributed by atoms with Crippen LogP contribution in [0.2, 0.25) is 10.3 Å². The summed E-state index contributed by atoms with van der Waals surface area (Å²) in [4.78, 5) is 40.2. The Morgan fingerprint density at radius 1 is 0.897 bits per heavy atom. The second kappa shape index (κ2) is 13.3. The number of amides is 2. The Hall–Kier alpha value is -4.61. The molecule has 0 fully saturated rings. The van der Waals surface area contributed by atoms with Gasteiger partial charge in [-0.2, -0.15) is 0 Å². The number of hydrogen-bond donors (Lipinski definition) is 4. The number of primary amides is 1. The number of rotatable bonds is 3. The maximum atomic E-state index is 13.2. The van der Waals surface area contributed by atoms with Crippen LogP contribution in [-0.2, 0) is 0 Å². The number of aromatic nitrogens is 2. The van der Waals surface area contributed by atoms with E-state index in [4.69, 9.17) is 34.7 Å². The number of aldehydes is 1. The van der Waals surface area contributed by atoms with Gasteiger partial charge in [0.25, 0.3) is 11.8 Å². The van der Waals surface area contributed by atoms with Crippen molar-refractivity contribution in [2.45, 2.75) is 6.17 Å². The topological polar surface area (TPSA) is 153 Å². The first-order chi connectivity index (χ1) is 18.6. The van der Waals surface area contributed by atoms with Gasteiger partial charge in [-0.1, -0.05) is 47.5 Å². The molecule has 0 radical (unpaired) electrons. The van der Waals surface area contributed by atoms with Gasteiger partial charge in [-0.05, 0) is 54.1 Å². The third kappa shape index (κ3) is 8.19. The summed E-state index contributed by atoms with van der Waals surface area (Å²) in [5.74, 6) is -1.16. The first-order valence-corrected chi connectivity index (χ1v) is 11.7. The van der Waals surface area contributed by atoms with Gasteiger partial charge < -0.3 is 22.1 Å². The van der Waals surface area contributed by atoms with Gasteiger partial charge in [0.1, 0.15) is 46.0 Å². The zero-order valence-corrected chi connectivity index (χ0v) is 21.4. The minimum atomic E-state index is -0.605. The molecule has 5 rings (SSSR count). The SMILES string of the molecule is NC(=O)c1ccc(Cl)nc1N.O=C1NC(c2cccc(F)c2)Nc2nc(Cl)ccc21.O=Cc1cccc(F)c1. The smallest absolute Gasteiger partial charge is 0.256 e. The van der Waals surface area contributed by atoms with Crippen molar-refractivity contribution in [1.82, 2.24) is 15.3 Å². The van der Waals surface area contributed by atoms with E-state index in [9.17, 15) is 23.2 Å². The van der Waals surface area contributed by atoms with Crippen LogP contribution in [-0.4, -0.2) is 28.1 Å². The lowest BCUT2D eigenvalue weighted by Gasteiger charge is -2.27. The summed E-state index contributed by atoms with van der Waals surface area (Å²) in [5, 5.41) is 6.29. The zero-order valence-electron chi connectivity index (χ0n) is 19.9. The summed E-state index contributed by atoms with van der Waals surface area (Å²) in [5.41, 5.74) is 11.9. The highest BCUT2D eigenvalue weighted by Gasteiger charge is 2.25. The van der Waals surface area contributed by atoms with E-state index in [1.807, 2.05) is 0 Å². The summed E-state index contributed by atoms with van der Waals surface area (Å²) in [6, 6.07) is 17.6. The zero-order chi connectivity index (χ0) is 28.5. The molecule has 1 aliphatic rings. The number of nitrogens with one attached hydrogen (secondary N) is 2. The van der Waals surface area contributed by atoms with Crippen LogP contribution < -0.4 is 22.1 Å². The monoisotopic (exact) mass is 572 g/mol. The summed E-state index contributed by atoms with van der Waals surface area (Å²) >= 11 is 11.3. The number of fused-ring (bicyclic) bond motifs is 1. The van der Waals surface area contributed by atoms with Crippen LogP contribution in [0.15, 0.2) is 72.8 Å². The quantitative estimate of drug-likeness (QED) is 0.203. The summed E-state index contributed by atoms with van der Waals surface area (Å²) in [6.07, 6.45) is 0.0879. The van der Waals surface area contributed by atoms with E-state index in [2.05, 4.69) is 20.6 Å². The van der Waals surface area contributed by atoms with Crippen molar-refractivity contribution in [3.05, 3.63) is 117 Å². The van der Waals surface area contributed by atoms with Crippen molar-refractivity contribution in [1.29, 1.82) is 0 Å². The molecular formula is C26H20Cl2F2N6O3. The molecule has 39 heavy (non-hydrogen) atoms. The normalized spacial score (nSPS) is 13.2. The number of nitrogens with two attached hydrogens (primary N) is 2. The molecule has 6 N–H and O–H groups in total. The molecule has 0 spiro atoms.